The van der Waals surface area contributed by atoms with E-state index in [1.54, 1.807) is 0 Å². The van der Waals surface area contributed by atoms with Gasteiger partial charge in [-0.05, 0) is 6.07 Å². The summed E-state index contributed by atoms with van der Waals surface area (Å²) in [5.41, 5.74) is -0.351. The summed E-state index contributed by atoms with van der Waals surface area (Å²) in [5, 5.41) is 0. The van der Waals surface area contributed by atoms with Gasteiger partial charge in [-0.1, -0.05) is 0 Å². The lowest BCUT2D eigenvalue weighted by molar-refractivity contribution is 0.111. The smallest absolute Gasteiger partial charge is 0.267 e. The normalized spacial score (nSPS) is 10.2. The maximum Gasteiger partial charge on any atom is 0.267 e. The Balaban J connectivity index is 3.17. The number of rotatable bonds is 3. The summed E-state index contributed by atoms with van der Waals surface area (Å²) >= 11 is 0. The number of halogens is 2. The lowest BCUT2D eigenvalue weighted by atomic mass is 10.2. The second-order valence-corrected chi connectivity index (χ2v) is 2.27. The minimum absolute atomic E-state index is 0.0133. The highest BCUT2D eigenvalue weighted by Gasteiger charge is 2.14. The van der Waals surface area contributed by atoms with Crippen molar-refractivity contribution in [2.24, 2.45) is 0 Å². The average molecular weight is 187 g/mol. The SMILES string of the molecule is COc1cnc(C=O)cc1C(F)F. The number of carbonyl (C=O) groups excluding carboxylic acids is 1. The molecule has 0 unspecified atom stereocenters. The first-order chi connectivity index (χ1) is 6.19. The Morgan fingerprint density at radius 3 is 2.77 bits per heavy atom. The minimum Gasteiger partial charge on any atom is -0.495 e. The van der Waals surface area contributed by atoms with Gasteiger partial charge < -0.3 is 4.74 Å². The monoisotopic (exact) mass is 187 g/mol. The molecule has 1 heterocycles. The zero-order valence-electron chi connectivity index (χ0n) is 6.83. The molecule has 1 aromatic heterocycles. The van der Waals surface area contributed by atoms with Crippen molar-refractivity contribution in [3.8, 4) is 5.75 Å². The molecule has 0 spiro atoms. The third-order valence-corrected chi connectivity index (χ3v) is 1.49. The van der Waals surface area contributed by atoms with Crippen LogP contribution in [0, 0.1) is 0 Å². The molecule has 0 N–H and O–H groups in total. The van der Waals surface area contributed by atoms with E-state index in [1.165, 1.54) is 7.11 Å². The predicted molar refractivity (Wildman–Crippen MR) is 41.1 cm³/mol. The van der Waals surface area contributed by atoms with Crippen LogP contribution in [-0.4, -0.2) is 18.4 Å². The summed E-state index contributed by atoms with van der Waals surface area (Å²) in [5.74, 6) is -0.0133. The molecular weight excluding hydrogens is 180 g/mol. The summed E-state index contributed by atoms with van der Waals surface area (Å²) in [6, 6.07) is 1.01. The summed E-state index contributed by atoms with van der Waals surface area (Å²) in [7, 11) is 1.27. The van der Waals surface area contributed by atoms with E-state index < -0.39 is 6.43 Å². The molecule has 0 bridgehead atoms. The van der Waals surface area contributed by atoms with Gasteiger partial charge in [0.25, 0.3) is 6.43 Å². The van der Waals surface area contributed by atoms with Crippen molar-refractivity contribution in [3.05, 3.63) is 23.5 Å². The van der Waals surface area contributed by atoms with Gasteiger partial charge >= 0.3 is 0 Å². The Bertz CT molecular complexity index is 315. The first kappa shape index (κ1) is 9.57. The maximum atomic E-state index is 12.3. The van der Waals surface area contributed by atoms with Crippen LogP contribution in [0.15, 0.2) is 12.3 Å². The molecule has 3 nitrogen and oxygen atoms in total. The molecule has 0 aliphatic heterocycles. The summed E-state index contributed by atoms with van der Waals surface area (Å²) in [6.45, 7) is 0. The minimum atomic E-state index is -2.67. The number of nitrogens with zero attached hydrogens (tertiary/aromatic N) is 1. The molecule has 5 heteroatoms. The van der Waals surface area contributed by atoms with E-state index in [9.17, 15) is 13.6 Å². The summed E-state index contributed by atoms with van der Waals surface area (Å²) in [6.07, 6.45) is -1.16. The Labute approximate surface area is 73.4 Å². The largest absolute Gasteiger partial charge is 0.495 e. The fourth-order valence-electron chi connectivity index (χ4n) is 0.881. The molecule has 0 aromatic carbocycles. The fourth-order valence-corrected chi connectivity index (χ4v) is 0.881. The van der Waals surface area contributed by atoms with E-state index in [1.807, 2.05) is 0 Å². The molecule has 0 aliphatic rings. The van der Waals surface area contributed by atoms with Crippen LogP contribution in [0.25, 0.3) is 0 Å². The fraction of sp³-hybridized carbons (Fsp3) is 0.250. The van der Waals surface area contributed by atoms with Crippen LogP contribution in [0.2, 0.25) is 0 Å². The van der Waals surface area contributed by atoms with Crippen LogP contribution in [0.5, 0.6) is 5.75 Å². The van der Waals surface area contributed by atoms with Crippen molar-refractivity contribution in [1.29, 1.82) is 0 Å². The zero-order chi connectivity index (χ0) is 9.84. The number of methoxy groups -OCH3 is 1. The number of ether oxygens (including phenoxy) is 1. The number of aldehydes is 1. The van der Waals surface area contributed by atoms with Crippen molar-refractivity contribution in [2.75, 3.05) is 7.11 Å². The van der Waals surface area contributed by atoms with Crippen LogP contribution in [0.4, 0.5) is 8.78 Å². The first-order valence-corrected chi connectivity index (χ1v) is 3.46. The number of hydrogen-bond acceptors (Lipinski definition) is 3. The number of pyridine rings is 1. The zero-order valence-corrected chi connectivity index (χ0v) is 6.83. The predicted octanol–water partition coefficient (Wildman–Crippen LogP) is 1.84. The summed E-state index contributed by atoms with van der Waals surface area (Å²) in [4.78, 5) is 13.8. The Morgan fingerprint density at radius 1 is 1.62 bits per heavy atom. The molecular formula is C8H7F2NO2. The molecule has 0 saturated carbocycles. The van der Waals surface area contributed by atoms with Crippen molar-refractivity contribution in [1.82, 2.24) is 4.98 Å². The highest BCUT2D eigenvalue weighted by molar-refractivity contribution is 5.72. The highest BCUT2D eigenvalue weighted by Crippen LogP contribution is 2.27. The van der Waals surface area contributed by atoms with E-state index >= 15 is 0 Å². The van der Waals surface area contributed by atoms with E-state index in [0.29, 0.717) is 6.29 Å². The lowest BCUT2D eigenvalue weighted by Crippen LogP contribution is -1.96. The molecule has 0 fully saturated rings. The molecule has 0 atom stereocenters. The van der Waals surface area contributed by atoms with Crippen molar-refractivity contribution in [3.63, 3.8) is 0 Å². The van der Waals surface area contributed by atoms with Crippen LogP contribution in [-0.2, 0) is 0 Å². The Hall–Kier alpha value is -1.52. The molecule has 0 amide bonds. The van der Waals surface area contributed by atoms with Gasteiger partial charge in [0.1, 0.15) is 11.4 Å². The third kappa shape index (κ3) is 1.99. The van der Waals surface area contributed by atoms with E-state index in [4.69, 9.17) is 0 Å². The summed E-state index contributed by atoms with van der Waals surface area (Å²) < 4.78 is 29.3. The quantitative estimate of drug-likeness (QED) is 0.677. The van der Waals surface area contributed by atoms with Crippen molar-refractivity contribution < 1.29 is 18.3 Å². The number of aromatic nitrogens is 1. The van der Waals surface area contributed by atoms with Gasteiger partial charge in [-0.15, -0.1) is 0 Å². The Morgan fingerprint density at radius 2 is 2.31 bits per heavy atom. The van der Waals surface area contributed by atoms with Gasteiger partial charge in [-0.2, -0.15) is 0 Å². The third-order valence-electron chi connectivity index (χ3n) is 1.49. The van der Waals surface area contributed by atoms with Gasteiger partial charge in [-0.25, -0.2) is 13.8 Å². The van der Waals surface area contributed by atoms with E-state index in [2.05, 4.69) is 9.72 Å². The lowest BCUT2D eigenvalue weighted by Gasteiger charge is -2.06. The van der Waals surface area contributed by atoms with Crippen LogP contribution in [0.3, 0.4) is 0 Å². The molecule has 13 heavy (non-hydrogen) atoms. The first-order valence-electron chi connectivity index (χ1n) is 3.46. The molecule has 0 aliphatic carbocycles. The van der Waals surface area contributed by atoms with Gasteiger partial charge in [0.15, 0.2) is 6.29 Å². The van der Waals surface area contributed by atoms with Crippen molar-refractivity contribution in [2.45, 2.75) is 6.43 Å². The second-order valence-electron chi connectivity index (χ2n) is 2.27. The molecule has 70 valence electrons. The molecule has 1 aromatic rings. The van der Waals surface area contributed by atoms with Gasteiger partial charge in [0.05, 0.1) is 18.9 Å². The van der Waals surface area contributed by atoms with Crippen LogP contribution >= 0.6 is 0 Å². The number of hydrogen-bond donors (Lipinski definition) is 0. The number of carbonyl (C=O) groups is 1. The van der Waals surface area contributed by atoms with E-state index in [-0.39, 0.29) is 17.0 Å². The average Bonchev–Trinajstić information content (AvgIpc) is 2.16. The standard InChI is InChI=1S/C8H7F2NO2/c1-13-7-3-11-5(4-12)2-6(7)8(9)10/h2-4,8H,1H3. The van der Waals surface area contributed by atoms with Crippen molar-refractivity contribution >= 4 is 6.29 Å². The van der Waals surface area contributed by atoms with Gasteiger partial charge in [0, 0.05) is 0 Å². The van der Waals surface area contributed by atoms with Crippen LogP contribution in [0.1, 0.15) is 22.5 Å². The van der Waals surface area contributed by atoms with Gasteiger partial charge in [-0.3, -0.25) is 4.79 Å². The topological polar surface area (TPSA) is 39.2 Å². The molecule has 0 radical (unpaired) electrons. The second kappa shape index (κ2) is 3.93. The van der Waals surface area contributed by atoms with Crippen LogP contribution < -0.4 is 4.74 Å². The van der Waals surface area contributed by atoms with Gasteiger partial charge in [0.2, 0.25) is 0 Å². The number of alkyl halides is 2. The highest BCUT2D eigenvalue weighted by atomic mass is 19.3. The van der Waals surface area contributed by atoms with E-state index in [0.717, 1.165) is 12.3 Å². The maximum absolute atomic E-state index is 12.3. The molecule has 0 saturated heterocycles. The molecule has 1 rings (SSSR count). The Kier molecular flexibility index (Phi) is 2.89.